The highest BCUT2D eigenvalue weighted by Gasteiger charge is 2.17. The Morgan fingerprint density at radius 2 is 2.31 bits per heavy atom. The van der Waals surface area contributed by atoms with E-state index in [-0.39, 0.29) is 12.5 Å². The van der Waals surface area contributed by atoms with Gasteiger partial charge in [0.15, 0.2) is 17.2 Å². The van der Waals surface area contributed by atoms with Crippen LogP contribution in [0.5, 0.6) is 11.5 Å². The molecule has 1 aromatic heterocycles. The van der Waals surface area contributed by atoms with E-state index in [9.17, 15) is 4.79 Å². The second-order valence-electron chi connectivity index (χ2n) is 2.41. The Kier molecular flexibility index (Phi) is 1.77. The molecule has 1 aliphatic rings. The van der Waals surface area contributed by atoms with Crippen molar-refractivity contribution in [3.63, 3.8) is 0 Å². The van der Waals surface area contributed by atoms with Crippen LogP contribution in [0.4, 0.5) is 0 Å². The first-order valence-corrected chi connectivity index (χ1v) is 3.65. The lowest BCUT2D eigenvalue weighted by Crippen LogP contribution is -2.03. The van der Waals surface area contributed by atoms with Crippen LogP contribution >= 0.6 is 0 Å². The molecule has 68 valence electrons. The standard InChI is InChI=1S/C8H7NO4/c1-11-8(10)5-2-6-7(3-9-5)13-4-12-6/h2-3H,4H2,1H3. The molecule has 1 aromatic rings. The minimum Gasteiger partial charge on any atom is -0.464 e. The molecule has 0 saturated carbocycles. The zero-order valence-corrected chi connectivity index (χ0v) is 6.94. The van der Waals surface area contributed by atoms with E-state index in [4.69, 9.17) is 9.47 Å². The summed E-state index contributed by atoms with van der Waals surface area (Å²) in [4.78, 5) is 14.9. The lowest BCUT2D eigenvalue weighted by molar-refractivity contribution is 0.0593. The van der Waals surface area contributed by atoms with Crippen molar-refractivity contribution in [2.75, 3.05) is 13.9 Å². The lowest BCUT2D eigenvalue weighted by atomic mass is 10.3. The summed E-state index contributed by atoms with van der Waals surface area (Å²) >= 11 is 0. The molecule has 0 aromatic carbocycles. The first kappa shape index (κ1) is 7.85. The summed E-state index contributed by atoms with van der Waals surface area (Å²) in [6.07, 6.45) is 1.44. The Morgan fingerprint density at radius 3 is 3.08 bits per heavy atom. The number of esters is 1. The van der Waals surface area contributed by atoms with Crippen molar-refractivity contribution in [3.8, 4) is 11.5 Å². The molecule has 13 heavy (non-hydrogen) atoms. The molecule has 0 bridgehead atoms. The maximum Gasteiger partial charge on any atom is 0.356 e. The summed E-state index contributed by atoms with van der Waals surface area (Å²) in [6, 6.07) is 1.49. The molecule has 0 unspecified atom stereocenters. The van der Waals surface area contributed by atoms with Crippen LogP contribution in [0.25, 0.3) is 0 Å². The van der Waals surface area contributed by atoms with Gasteiger partial charge in [0.1, 0.15) is 0 Å². The number of methoxy groups -OCH3 is 1. The molecule has 5 heteroatoms. The second kappa shape index (κ2) is 2.93. The Morgan fingerprint density at radius 1 is 1.54 bits per heavy atom. The molecule has 1 aliphatic heterocycles. The molecule has 0 fully saturated rings. The zero-order chi connectivity index (χ0) is 9.26. The molecule has 0 saturated heterocycles. The van der Waals surface area contributed by atoms with Crippen molar-refractivity contribution in [1.82, 2.24) is 4.98 Å². The van der Waals surface area contributed by atoms with Gasteiger partial charge < -0.3 is 14.2 Å². The molecule has 0 amide bonds. The summed E-state index contributed by atoms with van der Waals surface area (Å²) in [7, 11) is 1.30. The first-order valence-electron chi connectivity index (χ1n) is 3.65. The third kappa shape index (κ3) is 1.28. The predicted molar refractivity (Wildman–Crippen MR) is 41.7 cm³/mol. The van der Waals surface area contributed by atoms with Crippen molar-refractivity contribution < 1.29 is 19.0 Å². The van der Waals surface area contributed by atoms with Gasteiger partial charge in [0, 0.05) is 6.07 Å². The van der Waals surface area contributed by atoms with E-state index in [2.05, 4.69) is 9.72 Å². The number of fused-ring (bicyclic) bond motifs is 1. The fourth-order valence-corrected chi connectivity index (χ4v) is 1.02. The fourth-order valence-electron chi connectivity index (χ4n) is 1.02. The highest BCUT2D eigenvalue weighted by atomic mass is 16.7. The van der Waals surface area contributed by atoms with Crippen molar-refractivity contribution >= 4 is 5.97 Å². The van der Waals surface area contributed by atoms with E-state index >= 15 is 0 Å². The molecular formula is C8H7NO4. The van der Waals surface area contributed by atoms with Crippen LogP contribution in [-0.4, -0.2) is 24.9 Å². The van der Waals surface area contributed by atoms with E-state index in [1.807, 2.05) is 0 Å². The van der Waals surface area contributed by atoms with E-state index in [1.54, 1.807) is 0 Å². The van der Waals surface area contributed by atoms with E-state index in [0.717, 1.165) is 0 Å². The number of pyridine rings is 1. The van der Waals surface area contributed by atoms with Gasteiger partial charge in [-0.15, -0.1) is 0 Å². The zero-order valence-electron chi connectivity index (χ0n) is 6.94. The van der Waals surface area contributed by atoms with Gasteiger partial charge in [0.2, 0.25) is 6.79 Å². The highest BCUT2D eigenvalue weighted by molar-refractivity contribution is 5.87. The first-order chi connectivity index (χ1) is 6.31. The number of hydrogen-bond donors (Lipinski definition) is 0. The number of aromatic nitrogens is 1. The fraction of sp³-hybridized carbons (Fsp3) is 0.250. The number of carbonyl (C=O) groups is 1. The van der Waals surface area contributed by atoms with Crippen LogP contribution in [0.2, 0.25) is 0 Å². The summed E-state index contributed by atoms with van der Waals surface area (Å²) < 4.78 is 14.6. The van der Waals surface area contributed by atoms with E-state index in [1.165, 1.54) is 19.4 Å². The van der Waals surface area contributed by atoms with Gasteiger partial charge in [-0.1, -0.05) is 0 Å². The summed E-state index contributed by atoms with van der Waals surface area (Å²) in [5.41, 5.74) is 0.215. The third-order valence-corrected chi connectivity index (χ3v) is 1.65. The minimum absolute atomic E-state index is 0.168. The lowest BCUT2D eigenvalue weighted by Gasteiger charge is -1.98. The summed E-state index contributed by atoms with van der Waals surface area (Å²) in [6.45, 7) is 0.168. The maximum absolute atomic E-state index is 11.0. The van der Waals surface area contributed by atoms with Gasteiger partial charge in [0.25, 0.3) is 0 Å². The summed E-state index contributed by atoms with van der Waals surface area (Å²) in [5, 5.41) is 0. The summed E-state index contributed by atoms with van der Waals surface area (Å²) in [5.74, 6) is 0.585. The Hall–Kier alpha value is -1.78. The van der Waals surface area contributed by atoms with Crippen LogP contribution < -0.4 is 9.47 Å². The average molecular weight is 181 g/mol. The Labute approximate surface area is 74.2 Å². The normalized spacial score (nSPS) is 12.7. The predicted octanol–water partition coefficient (Wildman–Crippen LogP) is 0.597. The molecular weight excluding hydrogens is 174 g/mol. The molecule has 0 N–H and O–H groups in total. The molecule has 0 spiro atoms. The minimum atomic E-state index is -0.488. The van der Waals surface area contributed by atoms with Crippen LogP contribution in [-0.2, 0) is 4.74 Å². The largest absolute Gasteiger partial charge is 0.464 e. The number of rotatable bonds is 1. The molecule has 5 nitrogen and oxygen atoms in total. The van der Waals surface area contributed by atoms with Crippen molar-refractivity contribution in [3.05, 3.63) is 18.0 Å². The Bertz CT molecular complexity index is 350. The topological polar surface area (TPSA) is 57.7 Å². The molecule has 2 heterocycles. The molecule has 2 rings (SSSR count). The molecule has 0 aliphatic carbocycles. The number of ether oxygens (including phenoxy) is 3. The third-order valence-electron chi connectivity index (χ3n) is 1.65. The number of nitrogens with zero attached hydrogens (tertiary/aromatic N) is 1. The van der Waals surface area contributed by atoms with Crippen LogP contribution in [0.3, 0.4) is 0 Å². The van der Waals surface area contributed by atoms with Gasteiger partial charge in [-0.3, -0.25) is 0 Å². The van der Waals surface area contributed by atoms with Crippen molar-refractivity contribution in [2.45, 2.75) is 0 Å². The van der Waals surface area contributed by atoms with Crippen molar-refractivity contribution in [1.29, 1.82) is 0 Å². The molecule has 0 atom stereocenters. The van der Waals surface area contributed by atoms with Crippen LogP contribution in [0.1, 0.15) is 10.5 Å². The van der Waals surface area contributed by atoms with Gasteiger partial charge in [0.05, 0.1) is 13.3 Å². The molecule has 0 radical (unpaired) electrons. The number of hydrogen-bond acceptors (Lipinski definition) is 5. The van der Waals surface area contributed by atoms with Gasteiger partial charge in [-0.2, -0.15) is 0 Å². The smallest absolute Gasteiger partial charge is 0.356 e. The average Bonchev–Trinajstić information content (AvgIpc) is 2.63. The second-order valence-corrected chi connectivity index (χ2v) is 2.41. The van der Waals surface area contributed by atoms with Gasteiger partial charge >= 0.3 is 5.97 Å². The monoisotopic (exact) mass is 181 g/mol. The highest BCUT2D eigenvalue weighted by Crippen LogP contribution is 2.31. The van der Waals surface area contributed by atoms with E-state index < -0.39 is 5.97 Å². The van der Waals surface area contributed by atoms with Crippen LogP contribution in [0.15, 0.2) is 12.3 Å². The quantitative estimate of drug-likeness (QED) is 0.593. The van der Waals surface area contributed by atoms with E-state index in [0.29, 0.717) is 11.5 Å². The van der Waals surface area contributed by atoms with Gasteiger partial charge in [-0.05, 0) is 0 Å². The SMILES string of the molecule is COC(=O)c1cc2c(cn1)OCO2. The van der Waals surface area contributed by atoms with Crippen molar-refractivity contribution in [2.24, 2.45) is 0 Å². The van der Waals surface area contributed by atoms with Gasteiger partial charge in [-0.25, -0.2) is 9.78 Å². The maximum atomic E-state index is 11.0. The Balaban J connectivity index is 2.36. The van der Waals surface area contributed by atoms with Crippen LogP contribution in [0, 0.1) is 0 Å². The number of carbonyl (C=O) groups excluding carboxylic acids is 1.